The van der Waals surface area contributed by atoms with Crippen LogP contribution in [-0.4, -0.2) is 13.1 Å². The van der Waals surface area contributed by atoms with Crippen molar-refractivity contribution < 1.29 is 0 Å². The van der Waals surface area contributed by atoms with Crippen molar-refractivity contribution in [2.24, 2.45) is 0 Å². The molecule has 2 nitrogen and oxygen atoms in total. The maximum Gasteiger partial charge on any atom is 0.0341 e. The van der Waals surface area contributed by atoms with Gasteiger partial charge in [0, 0.05) is 24.5 Å². The molecule has 0 aliphatic heterocycles. The van der Waals surface area contributed by atoms with Gasteiger partial charge in [0.05, 0.1) is 0 Å². The molecular formula is C17H30N2. The first-order valence-corrected chi connectivity index (χ1v) is 7.94. The Morgan fingerprint density at radius 1 is 0.632 bits per heavy atom. The molecule has 0 aliphatic carbocycles. The van der Waals surface area contributed by atoms with Gasteiger partial charge in [0.1, 0.15) is 0 Å². The maximum absolute atomic E-state index is 3.49. The fraction of sp³-hybridized carbons (Fsp3) is 0.647. The normalized spacial score (nSPS) is 10.4. The van der Waals surface area contributed by atoms with Gasteiger partial charge < -0.3 is 10.6 Å². The zero-order chi connectivity index (χ0) is 13.8. The summed E-state index contributed by atoms with van der Waals surface area (Å²) in [4.78, 5) is 0. The molecule has 1 aromatic carbocycles. The number of hydrogen-bond donors (Lipinski definition) is 2. The highest BCUT2D eigenvalue weighted by Gasteiger charge is 1.94. The number of benzene rings is 1. The number of anilines is 2. The third-order valence-electron chi connectivity index (χ3n) is 3.35. The number of hydrogen-bond acceptors (Lipinski definition) is 2. The van der Waals surface area contributed by atoms with E-state index in [0.717, 1.165) is 13.1 Å². The predicted octanol–water partition coefficient (Wildman–Crippen LogP) is 5.28. The molecule has 0 spiro atoms. The van der Waals surface area contributed by atoms with Crippen molar-refractivity contribution in [3.63, 3.8) is 0 Å². The smallest absolute Gasteiger partial charge is 0.0341 e. The Balaban J connectivity index is 2.13. The molecule has 2 N–H and O–H groups in total. The van der Waals surface area contributed by atoms with Crippen molar-refractivity contribution in [3.05, 3.63) is 24.3 Å². The molecule has 0 amide bonds. The SMILES string of the molecule is CCCCCCCNc1ccc(NCCCC)cc1. The second-order valence-corrected chi connectivity index (χ2v) is 5.20. The van der Waals surface area contributed by atoms with Crippen molar-refractivity contribution in [2.75, 3.05) is 23.7 Å². The molecule has 0 aromatic heterocycles. The fourth-order valence-electron chi connectivity index (χ4n) is 2.08. The number of unbranched alkanes of at least 4 members (excludes halogenated alkanes) is 5. The summed E-state index contributed by atoms with van der Waals surface area (Å²) in [6.45, 7) is 6.64. The molecule has 0 fully saturated rings. The van der Waals surface area contributed by atoms with E-state index in [2.05, 4.69) is 48.7 Å². The molecule has 1 rings (SSSR count). The van der Waals surface area contributed by atoms with Crippen LogP contribution in [0.5, 0.6) is 0 Å². The minimum absolute atomic E-state index is 1.07. The molecule has 108 valence electrons. The molecule has 2 heteroatoms. The van der Waals surface area contributed by atoms with Gasteiger partial charge in [-0.05, 0) is 37.1 Å². The quantitative estimate of drug-likeness (QED) is 0.530. The lowest BCUT2D eigenvalue weighted by atomic mass is 10.1. The van der Waals surface area contributed by atoms with Gasteiger partial charge >= 0.3 is 0 Å². The molecule has 19 heavy (non-hydrogen) atoms. The van der Waals surface area contributed by atoms with Crippen molar-refractivity contribution in [2.45, 2.75) is 58.8 Å². The zero-order valence-electron chi connectivity index (χ0n) is 12.7. The van der Waals surface area contributed by atoms with E-state index < -0.39 is 0 Å². The topological polar surface area (TPSA) is 24.1 Å². The summed E-state index contributed by atoms with van der Waals surface area (Å²) in [5.41, 5.74) is 2.46. The van der Waals surface area contributed by atoms with Crippen molar-refractivity contribution >= 4 is 11.4 Å². The van der Waals surface area contributed by atoms with Crippen LogP contribution in [0, 0.1) is 0 Å². The largest absolute Gasteiger partial charge is 0.385 e. The Morgan fingerprint density at radius 3 is 1.63 bits per heavy atom. The van der Waals surface area contributed by atoms with Gasteiger partial charge in [0.25, 0.3) is 0 Å². The van der Waals surface area contributed by atoms with Crippen LogP contribution < -0.4 is 10.6 Å². The summed E-state index contributed by atoms with van der Waals surface area (Å²) in [7, 11) is 0. The maximum atomic E-state index is 3.49. The molecular weight excluding hydrogens is 232 g/mol. The second kappa shape index (κ2) is 10.7. The molecule has 0 unspecified atom stereocenters. The number of nitrogens with one attached hydrogen (secondary N) is 2. The summed E-state index contributed by atoms with van der Waals surface area (Å²) >= 11 is 0. The van der Waals surface area contributed by atoms with Crippen LogP contribution in [0.1, 0.15) is 58.8 Å². The van der Waals surface area contributed by atoms with Crippen LogP contribution >= 0.6 is 0 Å². The third kappa shape index (κ3) is 7.76. The summed E-state index contributed by atoms with van der Waals surface area (Å²) in [5.74, 6) is 0. The highest BCUT2D eigenvalue weighted by Crippen LogP contribution is 2.14. The minimum atomic E-state index is 1.07. The average Bonchev–Trinajstić information content (AvgIpc) is 2.44. The molecule has 1 aromatic rings. The van der Waals surface area contributed by atoms with E-state index in [1.807, 2.05) is 0 Å². The third-order valence-corrected chi connectivity index (χ3v) is 3.35. The van der Waals surface area contributed by atoms with E-state index in [1.54, 1.807) is 0 Å². The minimum Gasteiger partial charge on any atom is -0.385 e. The lowest BCUT2D eigenvalue weighted by Crippen LogP contribution is -2.03. The summed E-state index contributed by atoms with van der Waals surface area (Å²) < 4.78 is 0. The van der Waals surface area contributed by atoms with Gasteiger partial charge in [0.2, 0.25) is 0 Å². The summed E-state index contributed by atoms with van der Waals surface area (Å²) in [6, 6.07) is 8.66. The van der Waals surface area contributed by atoms with Crippen molar-refractivity contribution in [1.82, 2.24) is 0 Å². The molecule has 0 atom stereocenters. The highest BCUT2D eigenvalue weighted by atomic mass is 14.9. The molecule has 0 saturated heterocycles. The van der Waals surface area contributed by atoms with E-state index in [4.69, 9.17) is 0 Å². The first-order chi connectivity index (χ1) is 9.36. The number of rotatable bonds is 11. The molecule has 0 saturated carbocycles. The van der Waals surface area contributed by atoms with Crippen molar-refractivity contribution in [1.29, 1.82) is 0 Å². The fourth-order valence-corrected chi connectivity index (χ4v) is 2.08. The van der Waals surface area contributed by atoms with E-state index in [0.29, 0.717) is 0 Å². The monoisotopic (exact) mass is 262 g/mol. The van der Waals surface area contributed by atoms with Crippen LogP contribution in [0.25, 0.3) is 0 Å². The Kier molecular flexibility index (Phi) is 8.95. The van der Waals surface area contributed by atoms with Gasteiger partial charge in [-0.2, -0.15) is 0 Å². The molecule has 0 aliphatic rings. The Bertz CT molecular complexity index is 306. The van der Waals surface area contributed by atoms with Crippen LogP contribution in [0.3, 0.4) is 0 Å². The molecule has 0 radical (unpaired) electrons. The molecule has 0 heterocycles. The molecule has 0 bridgehead atoms. The van der Waals surface area contributed by atoms with Gasteiger partial charge in [-0.1, -0.05) is 46.0 Å². The summed E-state index contributed by atoms with van der Waals surface area (Å²) in [5, 5.41) is 6.92. The lowest BCUT2D eigenvalue weighted by molar-refractivity contribution is 0.645. The van der Waals surface area contributed by atoms with E-state index in [9.17, 15) is 0 Å². The van der Waals surface area contributed by atoms with E-state index in [1.165, 1.54) is 56.3 Å². The summed E-state index contributed by atoms with van der Waals surface area (Å²) in [6.07, 6.45) is 9.16. The first kappa shape index (κ1) is 15.9. The highest BCUT2D eigenvalue weighted by molar-refractivity contribution is 5.53. The Morgan fingerprint density at radius 2 is 1.11 bits per heavy atom. The van der Waals surface area contributed by atoms with Crippen LogP contribution in [-0.2, 0) is 0 Å². The Hall–Kier alpha value is -1.18. The van der Waals surface area contributed by atoms with Crippen LogP contribution in [0.2, 0.25) is 0 Å². The predicted molar refractivity (Wildman–Crippen MR) is 87.1 cm³/mol. The lowest BCUT2D eigenvalue weighted by Gasteiger charge is -2.09. The first-order valence-electron chi connectivity index (χ1n) is 7.94. The Labute approximate surface area is 119 Å². The van der Waals surface area contributed by atoms with Crippen LogP contribution in [0.15, 0.2) is 24.3 Å². The van der Waals surface area contributed by atoms with Crippen LogP contribution in [0.4, 0.5) is 11.4 Å². The van der Waals surface area contributed by atoms with Crippen molar-refractivity contribution in [3.8, 4) is 0 Å². The van der Waals surface area contributed by atoms with Gasteiger partial charge in [-0.3, -0.25) is 0 Å². The van der Waals surface area contributed by atoms with Gasteiger partial charge in [-0.25, -0.2) is 0 Å². The second-order valence-electron chi connectivity index (χ2n) is 5.20. The standard InChI is InChI=1S/C17H30N2/c1-3-5-7-8-9-15-19-17-12-10-16(11-13-17)18-14-6-4-2/h10-13,18-19H,3-9,14-15H2,1-2H3. The van der Waals surface area contributed by atoms with Gasteiger partial charge in [0.15, 0.2) is 0 Å². The van der Waals surface area contributed by atoms with E-state index in [-0.39, 0.29) is 0 Å². The van der Waals surface area contributed by atoms with Gasteiger partial charge in [-0.15, -0.1) is 0 Å². The van der Waals surface area contributed by atoms with E-state index >= 15 is 0 Å². The zero-order valence-corrected chi connectivity index (χ0v) is 12.7. The average molecular weight is 262 g/mol.